The van der Waals surface area contributed by atoms with E-state index in [4.69, 9.17) is 4.74 Å². The molecule has 102 valence electrons. The van der Waals surface area contributed by atoms with E-state index < -0.39 is 12.0 Å². The number of nitrogens with zero attached hydrogens (tertiary/aromatic N) is 1. The number of carboxylic acid groups (broad SMARTS) is 1. The van der Waals surface area contributed by atoms with Gasteiger partial charge in [-0.15, -0.1) is 0 Å². The summed E-state index contributed by atoms with van der Waals surface area (Å²) in [5.41, 5.74) is 0. The first-order valence-corrected chi connectivity index (χ1v) is 6.43. The molecular weight excluding hydrogens is 236 g/mol. The molecule has 0 aromatic carbocycles. The number of carbonyl (C=O) groups excluding carboxylic acids is 1. The minimum Gasteiger partial charge on any atom is -0.480 e. The first kappa shape index (κ1) is 13.3. The summed E-state index contributed by atoms with van der Waals surface area (Å²) in [6.45, 7) is 1.44. The summed E-state index contributed by atoms with van der Waals surface area (Å²) in [6.07, 6.45) is 2.31. The van der Waals surface area contributed by atoms with Gasteiger partial charge in [0.1, 0.15) is 6.04 Å². The Balaban J connectivity index is 2.08. The Hall–Kier alpha value is -1.14. The molecule has 0 radical (unpaired) electrons. The lowest BCUT2D eigenvalue weighted by atomic mass is 9.96. The van der Waals surface area contributed by atoms with Crippen LogP contribution < -0.4 is 5.32 Å². The van der Waals surface area contributed by atoms with Crippen molar-refractivity contribution in [2.75, 3.05) is 26.8 Å². The molecule has 6 nitrogen and oxygen atoms in total. The average Bonchev–Trinajstić information content (AvgIpc) is 2.86. The largest absolute Gasteiger partial charge is 0.480 e. The Kier molecular flexibility index (Phi) is 4.19. The minimum atomic E-state index is -0.900. The maximum atomic E-state index is 12.4. The summed E-state index contributed by atoms with van der Waals surface area (Å²) >= 11 is 0. The molecule has 2 N–H and O–H groups in total. The van der Waals surface area contributed by atoms with E-state index in [1.54, 1.807) is 7.05 Å². The molecule has 2 rings (SSSR count). The van der Waals surface area contributed by atoms with Crippen molar-refractivity contribution in [3.63, 3.8) is 0 Å². The van der Waals surface area contributed by atoms with Gasteiger partial charge in [0.05, 0.1) is 19.1 Å². The molecule has 0 bridgehead atoms. The van der Waals surface area contributed by atoms with Gasteiger partial charge in [0.25, 0.3) is 0 Å². The lowest BCUT2D eigenvalue weighted by molar-refractivity contribution is -0.154. The number of ether oxygens (including phenoxy) is 1. The van der Waals surface area contributed by atoms with Crippen molar-refractivity contribution in [3.05, 3.63) is 0 Å². The van der Waals surface area contributed by atoms with Gasteiger partial charge in [-0.3, -0.25) is 4.79 Å². The molecule has 18 heavy (non-hydrogen) atoms. The van der Waals surface area contributed by atoms with E-state index in [1.165, 1.54) is 4.90 Å². The van der Waals surface area contributed by atoms with Gasteiger partial charge in [-0.25, -0.2) is 4.79 Å². The summed E-state index contributed by atoms with van der Waals surface area (Å²) in [6, 6.07) is -0.668. The highest BCUT2D eigenvalue weighted by Gasteiger charge is 2.40. The Morgan fingerprint density at radius 3 is 2.78 bits per heavy atom. The van der Waals surface area contributed by atoms with Crippen LogP contribution in [0.4, 0.5) is 0 Å². The van der Waals surface area contributed by atoms with Gasteiger partial charge in [-0.05, 0) is 26.3 Å². The van der Waals surface area contributed by atoms with Gasteiger partial charge in [0.15, 0.2) is 0 Å². The second-order valence-electron chi connectivity index (χ2n) is 4.92. The van der Waals surface area contributed by atoms with Crippen LogP contribution in [0, 0.1) is 5.92 Å². The first-order chi connectivity index (χ1) is 8.65. The first-order valence-electron chi connectivity index (χ1n) is 6.43. The van der Waals surface area contributed by atoms with Crippen LogP contribution in [-0.2, 0) is 14.3 Å². The summed E-state index contributed by atoms with van der Waals surface area (Å²) in [5.74, 6) is -1.24. The van der Waals surface area contributed by atoms with Crippen molar-refractivity contribution in [2.45, 2.75) is 31.3 Å². The van der Waals surface area contributed by atoms with E-state index in [1.807, 2.05) is 0 Å². The van der Waals surface area contributed by atoms with Crippen LogP contribution in [0.15, 0.2) is 0 Å². The number of likely N-dealkylation sites (tertiary alicyclic amines) is 1. The molecule has 2 saturated heterocycles. The van der Waals surface area contributed by atoms with E-state index in [2.05, 4.69) is 5.32 Å². The van der Waals surface area contributed by atoms with E-state index in [0.29, 0.717) is 26.2 Å². The topological polar surface area (TPSA) is 78.9 Å². The molecule has 2 aliphatic rings. The molecule has 1 amide bonds. The van der Waals surface area contributed by atoms with Crippen LogP contribution in [0.1, 0.15) is 19.3 Å². The van der Waals surface area contributed by atoms with Gasteiger partial charge in [0, 0.05) is 12.6 Å². The van der Waals surface area contributed by atoms with E-state index in [-0.39, 0.29) is 17.9 Å². The van der Waals surface area contributed by atoms with Gasteiger partial charge in [-0.2, -0.15) is 0 Å². The zero-order chi connectivity index (χ0) is 13.1. The summed E-state index contributed by atoms with van der Waals surface area (Å²) < 4.78 is 5.31. The highest BCUT2D eigenvalue weighted by Crippen LogP contribution is 2.23. The number of hydrogen-bond donors (Lipinski definition) is 2. The molecule has 2 heterocycles. The molecule has 0 aromatic rings. The Morgan fingerprint density at radius 1 is 1.33 bits per heavy atom. The van der Waals surface area contributed by atoms with E-state index in [0.717, 1.165) is 12.8 Å². The molecule has 2 aliphatic heterocycles. The third-order valence-electron chi connectivity index (χ3n) is 3.84. The van der Waals surface area contributed by atoms with Gasteiger partial charge in [-0.1, -0.05) is 0 Å². The number of aliphatic carboxylic acids is 1. The summed E-state index contributed by atoms with van der Waals surface area (Å²) in [4.78, 5) is 25.1. The number of likely N-dealkylation sites (N-methyl/N-ethyl adjacent to an activating group) is 1. The standard InChI is InChI=1S/C12H20N2O4/c1-13-9-7-18-6-8(9)11(15)14-5-3-2-4-10(14)12(16)17/h8-10,13H,2-7H2,1H3,(H,16,17)/t8?,9?,10-/m0/s1. The second kappa shape index (κ2) is 5.67. The monoisotopic (exact) mass is 256 g/mol. The predicted octanol–water partition coefficient (Wildman–Crippen LogP) is -0.313. The number of rotatable bonds is 3. The minimum absolute atomic E-state index is 0.00567. The maximum absolute atomic E-state index is 12.4. The van der Waals surface area contributed by atoms with Crippen LogP contribution in [0.25, 0.3) is 0 Å². The maximum Gasteiger partial charge on any atom is 0.326 e. The lowest BCUT2D eigenvalue weighted by Gasteiger charge is -2.35. The number of carbonyl (C=O) groups is 2. The molecule has 2 fully saturated rings. The van der Waals surface area contributed by atoms with Crippen LogP contribution >= 0.6 is 0 Å². The summed E-state index contributed by atoms with van der Waals surface area (Å²) in [7, 11) is 1.80. The lowest BCUT2D eigenvalue weighted by Crippen LogP contribution is -2.53. The molecule has 0 aromatic heterocycles. The van der Waals surface area contributed by atoms with Crippen molar-refractivity contribution in [1.82, 2.24) is 10.2 Å². The van der Waals surface area contributed by atoms with Crippen LogP contribution in [0.3, 0.4) is 0 Å². The molecule has 3 atom stereocenters. The van der Waals surface area contributed by atoms with Crippen molar-refractivity contribution in [2.24, 2.45) is 5.92 Å². The predicted molar refractivity (Wildman–Crippen MR) is 64.1 cm³/mol. The molecule has 2 unspecified atom stereocenters. The number of piperidine rings is 1. The van der Waals surface area contributed by atoms with Crippen LogP contribution in [-0.4, -0.2) is 60.8 Å². The third-order valence-corrected chi connectivity index (χ3v) is 3.84. The molecule has 6 heteroatoms. The fourth-order valence-corrected chi connectivity index (χ4v) is 2.75. The van der Waals surface area contributed by atoms with Gasteiger partial charge < -0.3 is 20.1 Å². The SMILES string of the molecule is CNC1COCC1C(=O)N1CCCC[C@H]1C(=O)O. The van der Waals surface area contributed by atoms with Crippen LogP contribution in [0.2, 0.25) is 0 Å². The average molecular weight is 256 g/mol. The Labute approximate surface area is 106 Å². The number of nitrogens with one attached hydrogen (secondary N) is 1. The van der Waals surface area contributed by atoms with E-state index >= 15 is 0 Å². The summed E-state index contributed by atoms with van der Waals surface area (Å²) in [5, 5.41) is 12.2. The normalized spacial score (nSPS) is 32.5. The smallest absolute Gasteiger partial charge is 0.326 e. The quantitative estimate of drug-likeness (QED) is 0.724. The highest BCUT2D eigenvalue weighted by atomic mass is 16.5. The van der Waals surface area contributed by atoms with Crippen molar-refractivity contribution in [3.8, 4) is 0 Å². The molecule has 0 saturated carbocycles. The Morgan fingerprint density at radius 2 is 2.11 bits per heavy atom. The Bertz CT molecular complexity index is 334. The van der Waals surface area contributed by atoms with Crippen molar-refractivity contribution in [1.29, 1.82) is 0 Å². The van der Waals surface area contributed by atoms with Gasteiger partial charge in [0.2, 0.25) is 5.91 Å². The number of carboxylic acids is 1. The number of amides is 1. The molecule has 0 aliphatic carbocycles. The fourth-order valence-electron chi connectivity index (χ4n) is 2.75. The second-order valence-corrected chi connectivity index (χ2v) is 4.92. The third kappa shape index (κ3) is 2.49. The van der Waals surface area contributed by atoms with E-state index in [9.17, 15) is 14.7 Å². The molecular formula is C12H20N2O4. The van der Waals surface area contributed by atoms with Crippen LogP contribution in [0.5, 0.6) is 0 Å². The molecule has 0 spiro atoms. The zero-order valence-corrected chi connectivity index (χ0v) is 10.6. The van der Waals surface area contributed by atoms with Gasteiger partial charge >= 0.3 is 5.97 Å². The number of hydrogen-bond acceptors (Lipinski definition) is 4. The van der Waals surface area contributed by atoms with Crippen molar-refractivity contribution >= 4 is 11.9 Å². The fraction of sp³-hybridized carbons (Fsp3) is 0.833. The highest BCUT2D eigenvalue weighted by molar-refractivity contribution is 5.86. The zero-order valence-electron chi connectivity index (χ0n) is 10.6. The van der Waals surface area contributed by atoms with Crippen molar-refractivity contribution < 1.29 is 19.4 Å².